The first-order valence-corrected chi connectivity index (χ1v) is 7.73. The van der Waals surface area contributed by atoms with E-state index in [1.807, 2.05) is 0 Å². The van der Waals surface area contributed by atoms with Gasteiger partial charge in [-0.2, -0.15) is 13.5 Å². The molecule has 0 aromatic carbocycles. The number of amides is 4. The summed E-state index contributed by atoms with van der Waals surface area (Å²) < 4.78 is 34.4. The Kier molecular flexibility index (Phi) is 6.40. The van der Waals surface area contributed by atoms with Crippen LogP contribution in [0.1, 0.15) is 19.8 Å². The third-order valence-corrected chi connectivity index (χ3v) is 3.84. The van der Waals surface area contributed by atoms with Gasteiger partial charge < -0.3 is 20.1 Å². The molecule has 2 atom stereocenters. The van der Waals surface area contributed by atoms with E-state index in [1.165, 1.54) is 14.0 Å². The summed E-state index contributed by atoms with van der Waals surface area (Å²) >= 11 is 0. The van der Waals surface area contributed by atoms with Gasteiger partial charge in [0.05, 0.1) is 18.0 Å². The van der Waals surface area contributed by atoms with Crippen LogP contribution >= 0.6 is 0 Å². The molecule has 2 bridgehead atoms. The number of piperidine rings is 1. The van der Waals surface area contributed by atoms with Crippen LogP contribution in [0.15, 0.2) is 0 Å². The summed E-state index contributed by atoms with van der Waals surface area (Å²) in [5.41, 5.74) is 3.57. The second-order valence-corrected chi connectivity index (χ2v) is 6.00. The van der Waals surface area contributed by atoms with E-state index in [2.05, 4.69) is 9.71 Å². The van der Waals surface area contributed by atoms with Gasteiger partial charge in [0.1, 0.15) is 0 Å². The number of hydrogen-bond acceptors (Lipinski definition) is 6. The molecule has 13 heteroatoms. The van der Waals surface area contributed by atoms with E-state index in [0.717, 1.165) is 9.91 Å². The van der Waals surface area contributed by atoms with Gasteiger partial charge >= 0.3 is 46.0 Å². The van der Waals surface area contributed by atoms with Crippen molar-refractivity contribution >= 4 is 28.2 Å². The van der Waals surface area contributed by atoms with E-state index in [9.17, 15) is 22.8 Å². The fraction of sp³-hybridized carbons (Fsp3) is 0.700. The molecule has 1 N–H and O–H groups in total. The van der Waals surface area contributed by atoms with E-state index in [1.54, 1.807) is 0 Å². The Bertz CT molecular complexity index is 612. The van der Waals surface area contributed by atoms with Crippen molar-refractivity contribution in [3.05, 3.63) is 5.43 Å². The van der Waals surface area contributed by atoms with E-state index in [4.69, 9.17) is 4.55 Å². The maximum atomic E-state index is 12.1. The van der Waals surface area contributed by atoms with Crippen molar-refractivity contribution < 1.29 is 61.2 Å². The van der Waals surface area contributed by atoms with Gasteiger partial charge in [-0.3, -0.25) is 9.35 Å². The molecule has 0 aromatic heterocycles. The van der Waals surface area contributed by atoms with Crippen molar-refractivity contribution in [3.8, 4) is 0 Å². The van der Waals surface area contributed by atoms with Gasteiger partial charge in [-0.15, -0.1) is 4.28 Å². The van der Waals surface area contributed by atoms with Gasteiger partial charge in [0, 0.05) is 13.5 Å². The number of fused-ring (bicyclic) bond motifs is 2. The predicted molar refractivity (Wildman–Crippen MR) is 70.2 cm³/mol. The zero-order chi connectivity index (χ0) is 16.7. The topological polar surface area (TPSA) is 139 Å². The number of hydrogen-bond donors (Lipinski definition) is 1. The van der Waals surface area contributed by atoms with Gasteiger partial charge in [-0.25, -0.2) is 4.79 Å². The first-order valence-electron chi connectivity index (χ1n) is 6.37. The molecular weight excluding hydrogens is 343 g/mol. The third kappa shape index (κ3) is 4.55. The maximum Gasteiger partial charge on any atom is 1.00 e. The Labute approximate surface area is 155 Å². The summed E-state index contributed by atoms with van der Waals surface area (Å²) in [6, 6.07) is -2.33. The molecule has 0 saturated carbocycles. The zero-order valence-electron chi connectivity index (χ0n) is 12.9. The van der Waals surface area contributed by atoms with Crippen molar-refractivity contribution in [2.24, 2.45) is 0 Å². The number of rotatable bonds is 3. The second-order valence-electron chi connectivity index (χ2n) is 4.99. The van der Waals surface area contributed by atoms with Crippen LogP contribution in [0.2, 0.25) is 0 Å². The molecule has 4 amide bonds. The predicted octanol–water partition coefficient (Wildman–Crippen LogP) is -3.71. The monoisotopic (exact) mass is 358 g/mol. The molecule has 23 heavy (non-hydrogen) atoms. The van der Waals surface area contributed by atoms with Crippen LogP contribution in [-0.2, 0) is 24.3 Å². The fourth-order valence-electron chi connectivity index (χ4n) is 2.37. The minimum atomic E-state index is -4.83. The molecule has 2 heterocycles. The van der Waals surface area contributed by atoms with E-state index < -0.39 is 40.3 Å². The van der Waals surface area contributed by atoms with Gasteiger partial charge in [0.25, 0.3) is 0 Å². The Morgan fingerprint density at radius 3 is 2.52 bits per heavy atom. The minimum absolute atomic E-state index is 0. The molecule has 0 spiro atoms. The van der Waals surface area contributed by atoms with Crippen LogP contribution in [-0.4, -0.2) is 71.5 Å². The Hall–Kier alpha value is -0.920. The third-order valence-electron chi connectivity index (χ3n) is 3.49. The van der Waals surface area contributed by atoms with E-state index >= 15 is 0 Å². The summed E-state index contributed by atoms with van der Waals surface area (Å²) in [6.45, 7) is 1.31. The fourth-order valence-corrected chi connectivity index (χ4v) is 2.76. The van der Waals surface area contributed by atoms with Crippen LogP contribution in [0.3, 0.4) is 0 Å². The first kappa shape index (κ1) is 20.1. The zero-order valence-corrected chi connectivity index (χ0v) is 15.7. The van der Waals surface area contributed by atoms with Gasteiger partial charge in [0.2, 0.25) is 5.91 Å². The molecule has 2 rings (SSSR count). The normalized spacial score (nSPS) is 23.3. The maximum absolute atomic E-state index is 12.1. The number of carbonyl (C=O) groups excluding carboxylic acids is 3. The Balaban J connectivity index is 0.00000264. The number of carbonyl (C=O) groups is 3. The second kappa shape index (κ2) is 7.32. The van der Waals surface area contributed by atoms with Crippen molar-refractivity contribution in [1.29, 1.82) is 0 Å². The average Bonchev–Trinajstić information content (AvgIpc) is 2.62. The molecule has 2 unspecified atom stereocenters. The van der Waals surface area contributed by atoms with Crippen LogP contribution < -0.4 is 29.6 Å². The number of nitrogens with zero attached hydrogens (tertiary/aromatic N) is 4. The van der Waals surface area contributed by atoms with Crippen molar-refractivity contribution in [3.63, 3.8) is 0 Å². The number of hydroxylamine groups is 2. The Morgan fingerprint density at radius 2 is 2.00 bits per heavy atom. The SMILES string of the molecule is CC(=O)N(C)[N-]C(=O)C1CCC2CN1C(=O)N2OS(=O)(=O)O.[Na+]. The van der Waals surface area contributed by atoms with Crippen LogP contribution in [0.4, 0.5) is 4.79 Å². The largest absolute Gasteiger partial charge is 1.00 e. The van der Waals surface area contributed by atoms with Crippen molar-refractivity contribution in [2.75, 3.05) is 13.6 Å². The molecule has 11 nitrogen and oxygen atoms in total. The van der Waals surface area contributed by atoms with Crippen LogP contribution in [0, 0.1) is 0 Å². The Morgan fingerprint density at radius 1 is 1.39 bits per heavy atom. The minimum Gasteiger partial charge on any atom is -0.560 e. The summed E-state index contributed by atoms with van der Waals surface area (Å²) in [5.74, 6) is -1.12. The molecule has 0 aliphatic carbocycles. The molecule has 2 aliphatic rings. The molecule has 124 valence electrons. The first-order chi connectivity index (χ1) is 10.1. The average molecular weight is 358 g/mol. The molecule has 0 radical (unpaired) electrons. The standard InChI is InChI=1S/C10H16N4O7S.Na/c1-6(15)12(2)11-9(16)8-4-3-7-5-13(8)10(17)14(7)21-22(18,19)20;/h7-8H,3-5H2,1-2H3,(H2,11,16,18,19,20);/q;+1/p-1. The molecule has 2 aliphatic heterocycles. The van der Waals surface area contributed by atoms with E-state index in [0.29, 0.717) is 11.5 Å². The summed E-state index contributed by atoms with van der Waals surface area (Å²) in [6.07, 6.45) is 0.545. The quantitative estimate of drug-likeness (QED) is 0.311. The smallest absolute Gasteiger partial charge is 0.560 e. The molecular formula is C10H15N4NaO7S. The van der Waals surface area contributed by atoms with Gasteiger partial charge in [0.15, 0.2) is 0 Å². The van der Waals surface area contributed by atoms with E-state index in [-0.39, 0.29) is 42.5 Å². The van der Waals surface area contributed by atoms with Gasteiger partial charge in [-0.1, -0.05) is 0 Å². The summed E-state index contributed by atoms with van der Waals surface area (Å²) in [7, 11) is -3.52. The number of urea groups is 1. The van der Waals surface area contributed by atoms with Crippen molar-refractivity contribution in [1.82, 2.24) is 15.0 Å². The van der Waals surface area contributed by atoms with Crippen LogP contribution in [0.25, 0.3) is 5.43 Å². The molecule has 0 aromatic rings. The van der Waals surface area contributed by atoms with Crippen LogP contribution in [0.5, 0.6) is 0 Å². The summed E-state index contributed by atoms with van der Waals surface area (Å²) in [5, 5.41) is 1.40. The van der Waals surface area contributed by atoms with Gasteiger partial charge in [-0.05, 0) is 19.9 Å². The summed E-state index contributed by atoms with van der Waals surface area (Å²) in [4.78, 5) is 36.3. The van der Waals surface area contributed by atoms with Crippen molar-refractivity contribution in [2.45, 2.75) is 31.8 Å². The molecule has 2 saturated heterocycles. The molecule has 2 fully saturated rings.